The Kier molecular flexibility index (Phi) is 4.21. The Labute approximate surface area is 142 Å². The molecule has 0 amide bonds. The summed E-state index contributed by atoms with van der Waals surface area (Å²) in [5.41, 5.74) is 5.62. The summed E-state index contributed by atoms with van der Waals surface area (Å²) in [6.45, 7) is 0. The zero-order valence-electron chi connectivity index (χ0n) is 12.6. The molecule has 0 aliphatic rings. The molecule has 0 aliphatic carbocycles. The Morgan fingerprint density at radius 2 is 1.58 bits per heavy atom. The van der Waals surface area contributed by atoms with Gasteiger partial charge in [0.25, 0.3) is 5.95 Å². The number of nitrogens with zero attached hydrogens (tertiary/aromatic N) is 7. The smallest absolute Gasteiger partial charge is 0.400 e. The molecule has 0 radical (unpaired) electrons. The van der Waals surface area contributed by atoms with E-state index in [-0.39, 0.29) is 23.4 Å². The third-order valence-corrected chi connectivity index (χ3v) is 2.84. The highest BCUT2D eigenvalue weighted by Gasteiger charge is 2.13. The first-order valence-electron chi connectivity index (χ1n) is 6.72. The number of rotatable bonds is 6. The molecule has 0 unspecified atom stereocenters. The highest BCUT2D eigenvalue weighted by Crippen LogP contribution is 2.17. The summed E-state index contributed by atoms with van der Waals surface area (Å²) < 4.78 is 10.9. The van der Waals surface area contributed by atoms with Crippen LogP contribution in [0.3, 0.4) is 0 Å². The Balaban J connectivity index is 1.81. The summed E-state index contributed by atoms with van der Waals surface area (Å²) in [6.07, 6.45) is 2.32. The van der Waals surface area contributed by atoms with Crippen molar-refractivity contribution in [3.05, 3.63) is 56.0 Å². The Morgan fingerprint density at radius 3 is 2.12 bits per heavy atom. The van der Waals surface area contributed by atoms with Crippen LogP contribution in [0, 0.1) is 20.2 Å². The third-order valence-electron chi connectivity index (χ3n) is 2.84. The third kappa shape index (κ3) is 3.42. The summed E-state index contributed by atoms with van der Waals surface area (Å²) in [5.74, 6) is -0.846. The summed E-state index contributed by atoms with van der Waals surface area (Å²) >= 11 is 0. The van der Waals surface area contributed by atoms with Gasteiger partial charge >= 0.3 is 11.8 Å². The van der Waals surface area contributed by atoms with E-state index in [4.69, 9.17) is 14.6 Å². The molecule has 0 spiro atoms. The lowest BCUT2D eigenvalue weighted by Gasteiger charge is -1.95. The largest absolute Gasteiger partial charge is 0.433 e. The van der Waals surface area contributed by atoms with Crippen LogP contribution in [0.5, 0.6) is 0 Å². The molecule has 0 aliphatic heterocycles. The van der Waals surface area contributed by atoms with E-state index in [1.807, 2.05) is 0 Å². The normalized spacial score (nSPS) is 11.5. The Hall–Kier alpha value is -4.36. The van der Waals surface area contributed by atoms with Gasteiger partial charge in [-0.1, -0.05) is 0 Å². The van der Waals surface area contributed by atoms with Gasteiger partial charge in [-0.2, -0.15) is 9.78 Å². The second kappa shape index (κ2) is 6.63. The van der Waals surface area contributed by atoms with Gasteiger partial charge < -0.3 is 14.6 Å². The molecular weight excluding hydrogens is 352 g/mol. The molecule has 0 saturated carbocycles. The molecule has 132 valence electrons. The average molecular weight is 360 g/mol. The number of nitrogen functional groups attached to an aromatic ring is 1. The number of nitrogens with two attached hydrogens (primary N) is 1. The average Bonchev–Trinajstić information content (AvgIpc) is 3.31. The van der Waals surface area contributed by atoms with Gasteiger partial charge in [0, 0.05) is 0 Å². The SMILES string of the molecule is Nc1nnc(N=Cc2ccc([N+](=O)[O-])o2)n1/N=C/c1ccc([N+](=O)[O-])o1. The molecule has 26 heavy (non-hydrogen) atoms. The lowest BCUT2D eigenvalue weighted by Crippen LogP contribution is -1.97. The van der Waals surface area contributed by atoms with Crippen LogP contribution in [0.2, 0.25) is 0 Å². The maximum atomic E-state index is 10.6. The molecule has 2 N–H and O–H groups in total. The van der Waals surface area contributed by atoms with Crippen LogP contribution in [0.4, 0.5) is 23.7 Å². The lowest BCUT2D eigenvalue weighted by molar-refractivity contribution is -0.402. The standard InChI is InChI=1S/C12H8N8O6/c13-11-16-17-12(14-5-7-1-3-9(25-7)19(21)22)18(11)15-6-8-2-4-10(26-8)20(23)24/h1-6H,(H2,13,16)/b14-5?,15-6+. The minimum atomic E-state index is -0.692. The molecule has 0 atom stereocenters. The Bertz CT molecular complexity index is 1030. The number of hydrogen-bond acceptors (Lipinski definition) is 11. The summed E-state index contributed by atoms with van der Waals surface area (Å²) in [6, 6.07) is 5.02. The van der Waals surface area contributed by atoms with Gasteiger partial charge in [0.1, 0.15) is 9.85 Å². The molecule has 14 heteroatoms. The van der Waals surface area contributed by atoms with Crippen molar-refractivity contribution in [2.45, 2.75) is 0 Å². The first-order valence-corrected chi connectivity index (χ1v) is 6.72. The van der Waals surface area contributed by atoms with Crippen molar-refractivity contribution in [1.29, 1.82) is 0 Å². The predicted octanol–water partition coefficient (Wildman–Crippen LogP) is 1.50. The first-order chi connectivity index (χ1) is 12.4. The second-order valence-electron chi connectivity index (χ2n) is 4.54. The molecule has 3 aromatic rings. The van der Waals surface area contributed by atoms with E-state index in [2.05, 4.69) is 20.3 Å². The van der Waals surface area contributed by atoms with Crippen LogP contribution in [-0.2, 0) is 0 Å². The van der Waals surface area contributed by atoms with Crippen molar-refractivity contribution in [3.63, 3.8) is 0 Å². The van der Waals surface area contributed by atoms with Gasteiger partial charge in [-0.15, -0.1) is 10.2 Å². The number of nitro groups is 2. The van der Waals surface area contributed by atoms with E-state index in [9.17, 15) is 20.2 Å². The van der Waals surface area contributed by atoms with Crippen LogP contribution in [0.15, 0.2) is 43.2 Å². The summed E-state index contributed by atoms with van der Waals surface area (Å²) in [5, 5.41) is 32.3. The molecule has 3 heterocycles. The molecule has 0 saturated heterocycles. The molecule has 0 bridgehead atoms. The van der Waals surface area contributed by atoms with Crippen LogP contribution in [0.25, 0.3) is 0 Å². The predicted molar refractivity (Wildman–Crippen MR) is 85.4 cm³/mol. The van der Waals surface area contributed by atoms with Crippen molar-refractivity contribution in [3.8, 4) is 0 Å². The minimum absolute atomic E-state index is 0.0566. The van der Waals surface area contributed by atoms with E-state index < -0.39 is 21.6 Å². The van der Waals surface area contributed by atoms with Crippen molar-refractivity contribution < 1.29 is 18.7 Å². The van der Waals surface area contributed by atoms with Gasteiger partial charge in [0.05, 0.1) is 24.6 Å². The molecular formula is C12H8N8O6. The highest BCUT2D eigenvalue weighted by atomic mass is 16.7. The number of aromatic nitrogens is 3. The van der Waals surface area contributed by atoms with E-state index in [0.29, 0.717) is 0 Å². The van der Waals surface area contributed by atoms with Crippen LogP contribution in [0.1, 0.15) is 11.5 Å². The van der Waals surface area contributed by atoms with E-state index in [1.54, 1.807) is 0 Å². The van der Waals surface area contributed by atoms with Gasteiger partial charge in [0.15, 0.2) is 11.5 Å². The maximum Gasteiger partial charge on any atom is 0.433 e. The topological polar surface area (TPSA) is 194 Å². The highest BCUT2D eigenvalue weighted by molar-refractivity contribution is 5.79. The summed E-state index contributed by atoms with van der Waals surface area (Å²) in [4.78, 5) is 23.7. The van der Waals surface area contributed by atoms with Crippen LogP contribution < -0.4 is 5.73 Å². The van der Waals surface area contributed by atoms with Gasteiger partial charge in [0.2, 0.25) is 5.95 Å². The molecule has 0 aromatic carbocycles. The van der Waals surface area contributed by atoms with Crippen molar-refractivity contribution in [2.24, 2.45) is 10.1 Å². The molecule has 14 nitrogen and oxygen atoms in total. The summed E-state index contributed by atoms with van der Waals surface area (Å²) in [7, 11) is 0. The molecule has 3 rings (SSSR count). The monoisotopic (exact) mass is 360 g/mol. The second-order valence-corrected chi connectivity index (χ2v) is 4.54. The van der Waals surface area contributed by atoms with Crippen molar-refractivity contribution in [2.75, 3.05) is 5.73 Å². The number of aliphatic imine (C=N–C) groups is 1. The lowest BCUT2D eigenvalue weighted by atomic mass is 10.5. The zero-order chi connectivity index (χ0) is 18.7. The fraction of sp³-hybridized carbons (Fsp3) is 0. The van der Waals surface area contributed by atoms with E-state index in [0.717, 1.165) is 10.9 Å². The fourth-order valence-corrected chi connectivity index (χ4v) is 1.73. The van der Waals surface area contributed by atoms with Gasteiger partial charge in [-0.05, 0) is 12.1 Å². The van der Waals surface area contributed by atoms with Crippen LogP contribution >= 0.6 is 0 Å². The van der Waals surface area contributed by atoms with Crippen LogP contribution in [-0.4, -0.2) is 37.1 Å². The zero-order valence-corrected chi connectivity index (χ0v) is 12.6. The maximum absolute atomic E-state index is 10.6. The van der Waals surface area contributed by atoms with Crippen molar-refractivity contribution >= 4 is 36.1 Å². The minimum Gasteiger partial charge on any atom is -0.400 e. The van der Waals surface area contributed by atoms with Gasteiger partial charge in [-0.25, -0.2) is 4.99 Å². The molecule has 3 aromatic heterocycles. The first kappa shape index (κ1) is 16.5. The number of furan rings is 2. The van der Waals surface area contributed by atoms with E-state index >= 15 is 0 Å². The molecule has 0 fully saturated rings. The fourth-order valence-electron chi connectivity index (χ4n) is 1.73. The van der Waals surface area contributed by atoms with Gasteiger partial charge in [-0.3, -0.25) is 20.2 Å². The van der Waals surface area contributed by atoms with E-state index in [1.165, 1.54) is 30.5 Å². The Morgan fingerprint density at radius 1 is 1.00 bits per heavy atom. The quantitative estimate of drug-likeness (QED) is 0.385. The number of anilines is 1. The van der Waals surface area contributed by atoms with Crippen molar-refractivity contribution in [1.82, 2.24) is 14.9 Å². The number of hydrogen-bond donors (Lipinski definition) is 1.